The first-order valence-corrected chi connectivity index (χ1v) is 5.63. The van der Waals surface area contributed by atoms with Crippen LogP contribution < -0.4 is 10.9 Å². The zero-order valence-corrected chi connectivity index (χ0v) is 8.94. The zero-order chi connectivity index (χ0) is 11.0. The molecular weight excluding hydrogens is 204 g/mol. The van der Waals surface area contributed by atoms with E-state index >= 15 is 0 Å². The van der Waals surface area contributed by atoms with Gasteiger partial charge < -0.3 is 5.32 Å². The third kappa shape index (κ3) is 1.44. The summed E-state index contributed by atoms with van der Waals surface area (Å²) >= 11 is 0. The Balaban J connectivity index is 2.12. The molecule has 2 N–H and O–H groups in total. The Labute approximate surface area is 92.5 Å². The van der Waals surface area contributed by atoms with Crippen LogP contribution in [0.15, 0.2) is 23.0 Å². The highest BCUT2D eigenvalue weighted by atomic mass is 16.1. The highest BCUT2D eigenvalue weighted by Crippen LogP contribution is 2.22. The number of piperidine rings is 1. The van der Waals surface area contributed by atoms with Gasteiger partial charge in [-0.3, -0.25) is 9.89 Å². The monoisotopic (exact) mass is 218 g/mol. The van der Waals surface area contributed by atoms with Gasteiger partial charge in [0.1, 0.15) is 11.5 Å². The van der Waals surface area contributed by atoms with Crippen LogP contribution in [-0.4, -0.2) is 27.7 Å². The predicted molar refractivity (Wildman–Crippen MR) is 60.7 cm³/mol. The summed E-state index contributed by atoms with van der Waals surface area (Å²) in [6.07, 6.45) is 2.09. The minimum atomic E-state index is -0.000201. The van der Waals surface area contributed by atoms with Crippen molar-refractivity contribution in [2.75, 3.05) is 13.1 Å². The smallest absolute Gasteiger partial charge is 0.257 e. The van der Waals surface area contributed by atoms with Crippen molar-refractivity contribution < 1.29 is 0 Å². The fraction of sp³-hybridized carbons (Fsp3) is 0.455. The first-order valence-electron chi connectivity index (χ1n) is 5.63. The molecule has 0 saturated carbocycles. The fourth-order valence-corrected chi connectivity index (χ4v) is 2.33. The van der Waals surface area contributed by atoms with Crippen molar-refractivity contribution in [3.8, 4) is 0 Å². The minimum absolute atomic E-state index is 0.000201. The van der Waals surface area contributed by atoms with Crippen LogP contribution in [0.2, 0.25) is 0 Å². The molecule has 2 aromatic heterocycles. The topological polar surface area (TPSA) is 62.2 Å². The van der Waals surface area contributed by atoms with Gasteiger partial charge in [0.2, 0.25) is 0 Å². The lowest BCUT2D eigenvalue weighted by Crippen LogP contribution is -2.28. The first kappa shape index (κ1) is 9.59. The van der Waals surface area contributed by atoms with E-state index in [9.17, 15) is 4.79 Å². The molecule has 0 unspecified atom stereocenters. The molecule has 0 atom stereocenters. The summed E-state index contributed by atoms with van der Waals surface area (Å²) in [5.74, 6) is 1.26. The highest BCUT2D eigenvalue weighted by molar-refractivity contribution is 5.37. The predicted octanol–water partition coefficient (Wildman–Crippen LogP) is 0.490. The lowest BCUT2D eigenvalue weighted by molar-refractivity contribution is 0.442. The molecule has 5 nitrogen and oxygen atoms in total. The van der Waals surface area contributed by atoms with E-state index in [1.807, 2.05) is 6.07 Å². The maximum atomic E-state index is 11.8. The summed E-state index contributed by atoms with van der Waals surface area (Å²) in [4.78, 5) is 11.8. The molecule has 0 radical (unpaired) electrons. The van der Waals surface area contributed by atoms with E-state index in [0.29, 0.717) is 5.92 Å². The molecule has 3 heterocycles. The van der Waals surface area contributed by atoms with Crippen molar-refractivity contribution in [1.29, 1.82) is 0 Å². The lowest BCUT2D eigenvalue weighted by Gasteiger charge is -2.20. The number of hydrogen-bond acceptors (Lipinski definition) is 3. The molecule has 3 rings (SSSR count). The molecule has 2 aromatic rings. The maximum Gasteiger partial charge on any atom is 0.257 e. The van der Waals surface area contributed by atoms with E-state index in [4.69, 9.17) is 0 Å². The van der Waals surface area contributed by atoms with Gasteiger partial charge in [-0.05, 0) is 32.0 Å². The van der Waals surface area contributed by atoms with Gasteiger partial charge in [-0.1, -0.05) is 6.07 Å². The maximum absolute atomic E-state index is 11.8. The van der Waals surface area contributed by atoms with Crippen molar-refractivity contribution in [2.45, 2.75) is 18.8 Å². The van der Waals surface area contributed by atoms with Crippen molar-refractivity contribution in [1.82, 2.24) is 19.9 Å². The number of hydrogen-bond donors (Lipinski definition) is 2. The van der Waals surface area contributed by atoms with Gasteiger partial charge in [-0.2, -0.15) is 5.10 Å². The standard InChI is InChI=1S/C11H14N4O/c16-10-3-1-2-9-13-14-11(15(9)10)8-4-6-12-7-5-8/h1-3,8,12-13H,4-7H2. The Kier molecular flexibility index (Phi) is 2.25. The van der Waals surface area contributed by atoms with E-state index in [2.05, 4.69) is 15.5 Å². The number of aromatic amines is 1. The van der Waals surface area contributed by atoms with Crippen LogP contribution in [0, 0.1) is 0 Å². The molecule has 5 heteroatoms. The van der Waals surface area contributed by atoms with Gasteiger partial charge in [0.05, 0.1) is 0 Å². The Morgan fingerprint density at radius 1 is 1.31 bits per heavy atom. The van der Waals surface area contributed by atoms with E-state index in [1.165, 1.54) is 0 Å². The number of fused-ring (bicyclic) bond motifs is 1. The van der Waals surface area contributed by atoms with Crippen LogP contribution in [0.25, 0.3) is 5.65 Å². The normalized spacial score (nSPS) is 18.0. The number of aromatic nitrogens is 3. The molecule has 0 aromatic carbocycles. The average molecular weight is 218 g/mol. The van der Waals surface area contributed by atoms with Crippen molar-refractivity contribution in [2.24, 2.45) is 0 Å². The molecular formula is C11H14N4O. The van der Waals surface area contributed by atoms with E-state index in [-0.39, 0.29) is 5.56 Å². The second-order valence-corrected chi connectivity index (χ2v) is 4.19. The molecule has 0 aliphatic carbocycles. The third-order valence-electron chi connectivity index (χ3n) is 3.17. The first-order chi connectivity index (χ1) is 7.86. The van der Waals surface area contributed by atoms with Crippen LogP contribution in [0.3, 0.4) is 0 Å². The number of pyridine rings is 1. The van der Waals surface area contributed by atoms with E-state index in [0.717, 1.165) is 37.4 Å². The van der Waals surface area contributed by atoms with Crippen LogP contribution in [0.4, 0.5) is 0 Å². The Morgan fingerprint density at radius 2 is 2.12 bits per heavy atom. The fourth-order valence-electron chi connectivity index (χ4n) is 2.33. The number of nitrogens with one attached hydrogen (secondary N) is 2. The van der Waals surface area contributed by atoms with Crippen LogP contribution in [0.1, 0.15) is 24.6 Å². The largest absolute Gasteiger partial charge is 0.317 e. The van der Waals surface area contributed by atoms with Crippen molar-refractivity contribution in [3.05, 3.63) is 34.4 Å². The summed E-state index contributed by atoms with van der Waals surface area (Å²) in [6.45, 7) is 2.00. The SMILES string of the molecule is O=c1cccc2[nH]nc(C3CCNCC3)n12. The molecule has 1 saturated heterocycles. The summed E-state index contributed by atoms with van der Waals surface area (Å²) in [5.41, 5.74) is 0.779. The van der Waals surface area contributed by atoms with Gasteiger partial charge in [0.25, 0.3) is 5.56 Å². The Morgan fingerprint density at radius 3 is 2.94 bits per heavy atom. The molecule has 84 valence electrons. The Hall–Kier alpha value is -1.62. The van der Waals surface area contributed by atoms with Gasteiger partial charge in [-0.25, -0.2) is 4.40 Å². The number of H-pyrrole nitrogens is 1. The summed E-state index contributed by atoms with van der Waals surface area (Å²) in [6, 6.07) is 5.20. The molecule has 1 fully saturated rings. The van der Waals surface area contributed by atoms with Gasteiger partial charge in [0, 0.05) is 12.0 Å². The number of nitrogens with zero attached hydrogens (tertiary/aromatic N) is 2. The summed E-state index contributed by atoms with van der Waals surface area (Å²) < 4.78 is 1.69. The second-order valence-electron chi connectivity index (χ2n) is 4.19. The van der Waals surface area contributed by atoms with Gasteiger partial charge >= 0.3 is 0 Å². The zero-order valence-electron chi connectivity index (χ0n) is 8.94. The van der Waals surface area contributed by atoms with Crippen LogP contribution >= 0.6 is 0 Å². The van der Waals surface area contributed by atoms with Gasteiger partial charge in [-0.15, -0.1) is 0 Å². The average Bonchev–Trinajstić information content (AvgIpc) is 2.75. The van der Waals surface area contributed by atoms with Gasteiger partial charge in [0.15, 0.2) is 0 Å². The highest BCUT2D eigenvalue weighted by Gasteiger charge is 2.20. The molecule has 1 aliphatic heterocycles. The van der Waals surface area contributed by atoms with Crippen LogP contribution in [0.5, 0.6) is 0 Å². The molecule has 0 spiro atoms. The summed E-state index contributed by atoms with van der Waals surface area (Å²) in [7, 11) is 0. The Bertz CT molecular complexity index is 550. The minimum Gasteiger partial charge on any atom is -0.317 e. The van der Waals surface area contributed by atoms with Crippen LogP contribution in [-0.2, 0) is 0 Å². The molecule has 0 bridgehead atoms. The van der Waals surface area contributed by atoms with Crippen molar-refractivity contribution in [3.63, 3.8) is 0 Å². The third-order valence-corrected chi connectivity index (χ3v) is 3.17. The lowest BCUT2D eigenvalue weighted by atomic mass is 9.97. The molecule has 1 aliphatic rings. The molecule has 0 amide bonds. The summed E-state index contributed by atoms with van der Waals surface area (Å²) in [5, 5.41) is 10.5. The quantitative estimate of drug-likeness (QED) is 0.732. The van der Waals surface area contributed by atoms with Crippen molar-refractivity contribution >= 4 is 5.65 Å². The number of rotatable bonds is 1. The van der Waals surface area contributed by atoms with E-state index in [1.54, 1.807) is 16.5 Å². The van der Waals surface area contributed by atoms with E-state index < -0.39 is 0 Å². The molecule has 16 heavy (non-hydrogen) atoms. The second kappa shape index (κ2) is 3.75.